The van der Waals surface area contributed by atoms with Gasteiger partial charge in [-0.25, -0.2) is 13.6 Å². The Morgan fingerprint density at radius 2 is 1.76 bits per heavy atom. The second-order valence-electron chi connectivity index (χ2n) is 6.70. The van der Waals surface area contributed by atoms with Gasteiger partial charge in [0.1, 0.15) is 0 Å². The standard InChI is InChI=1S/C20H19N3O5S/c1-27-17-8-15-16(9-18(17)28-2)22-10-13-7-19(24)23(20(13)15)11-12-3-5-14(6-4-12)29(21,25)26/h3-6,8-10H,7,11H2,1-2H3,(H2,21,25,26). The van der Waals surface area contributed by atoms with Gasteiger partial charge < -0.3 is 14.4 Å². The van der Waals surface area contributed by atoms with Gasteiger partial charge in [-0.15, -0.1) is 0 Å². The molecule has 8 nitrogen and oxygen atoms in total. The third-order valence-electron chi connectivity index (χ3n) is 4.93. The second kappa shape index (κ2) is 7.02. The number of pyridine rings is 1. The largest absolute Gasteiger partial charge is 0.493 e. The Morgan fingerprint density at radius 3 is 2.38 bits per heavy atom. The van der Waals surface area contributed by atoms with Gasteiger partial charge in [0.25, 0.3) is 0 Å². The first-order valence-corrected chi connectivity index (χ1v) is 10.3. The minimum atomic E-state index is -3.76. The number of primary sulfonamides is 1. The summed E-state index contributed by atoms with van der Waals surface area (Å²) in [5.74, 6) is 1.05. The number of benzene rings is 2. The minimum Gasteiger partial charge on any atom is -0.493 e. The Bertz CT molecular complexity index is 1220. The van der Waals surface area contributed by atoms with Crippen LogP contribution in [0.15, 0.2) is 47.5 Å². The van der Waals surface area contributed by atoms with Crippen molar-refractivity contribution in [3.63, 3.8) is 0 Å². The quantitative estimate of drug-likeness (QED) is 0.685. The molecule has 4 rings (SSSR count). The normalized spacial score (nSPS) is 13.6. The first kappa shape index (κ1) is 19.2. The van der Waals surface area contributed by atoms with Crippen LogP contribution in [0.25, 0.3) is 10.9 Å². The molecule has 0 saturated carbocycles. The molecule has 0 atom stereocenters. The molecular formula is C20H19N3O5S. The van der Waals surface area contributed by atoms with E-state index < -0.39 is 10.0 Å². The van der Waals surface area contributed by atoms with Gasteiger partial charge in [0.2, 0.25) is 15.9 Å². The zero-order valence-electron chi connectivity index (χ0n) is 15.9. The summed E-state index contributed by atoms with van der Waals surface area (Å²) in [6, 6.07) is 9.76. The van der Waals surface area contributed by atoms with E-state index in [4.69, 9.17) is 14.6 Å². The number of carbonyl (C=O) groups is 1. The maximum absolute atomic E-state index is 12.7. The zero-order chi connectivity index (χ0) is 20.8. The molecule has 29 heavy (non-hydrogen) atoms. The van der Waals surface area contributed by atoms with E-state index in [9.17, 15) is 13.2 Å². The van der Waals surface area contributed by atoms with Gasteiger partial charge in [-0.2, -0.15) is 0 Å². The highest BCUT2D eigenvalue weighted by molar-refractivity contribution is 7.89. The lowest BCUT2D eigenvalue weighted by molar-refractivity contribution is -0.117. The summed E-state index contributed by atoms with van der Waals surface area (Å²) >= 11 is 0. The molecule has 3 aromatic rings. The van der Waals surface area contributed by atoms with Crippen molar-refractivity contribution in [1.82, 2.24) is 4.98 Å². The molecule has 1 aliphatic heterocycles. The molecule has 2 N–H and O–H groups in total. The highest BCUT2D eigenvalue weighted by Gasteiger charge is 2.30. The number of hydrogen-bond donors (Lipinski definition) is 1. The van der Waals surface area contributed by atoms with Crippen molar-refractivity contribution >= 4 is 32.5 Å². The van der Waals surface area contributed by atoms with Crippen LogP contribution in [0.2, 0.25) is 0 Å². The number of ether oxygens (including phenoxy) is 2. The van der Waals surface area contributed by atoms with E-state index >= 15 is 0 Å². The van der Waals surface area contributed by atoms with Crippen LogP contribution in [0, 0.1) is 0 Å². The molecule has 1 aliphatic rings. The Balaban J connectivity index is 1.78. The van der Waals surface area contributed by atoms with Crippen molar-refractivity contribution in [2.45, 2.75) is 17.9 Å². The monoisotopic (exact) mass is 413 g/mol. The Morgan fingerprint density at radius 1 is 1.10 bits per heavy atom. The van der Waals surface area contributed by atoms with Gasteiger partial charge >= 0.3 is 0 Å². The van der Waals surface area contributed by atoms with Crippen molar-refractivity contribution in [3.8, 4) is 11.5 Å². The molecule has 1 aromatic heterocycles. The first-order chi connectivity index (χ1) is 13.8. The predicted octanol–water partition coefficient (Wildman–Crippen LogP) is 1.99. The molecule has 2 heterocycles. The summed E-state index contributed by atoms with van der Waals surface area (Å²) in [6.07, 6.45) is 1.95. The van der Waals surface area contributed by atoms with Gasteiger partial charge in [0.05, 0.1) is 43.3 Å². The molecule has 9 heteroatoms. The molecule has 0 saturated heterocycles. The number of aromatic nitrogens is 1. The van der Waals surface area contributed by atoms with Crippen LogP contribution >= 0.6 is 0 Å². The summed E-state index contributed by atoms with van der Waals surface area (Å²) in [6.45, 7) is 0.296. The van der Waals surface area contributed by atoms with Crippen molar-refractivity contribution in [2.75, 3.05) is 19.1 Å². The number of sulfonamides is 1. The maximum atomic E-state index is 12.7. The zero-order valence-corrected chi connectivity index (χ0v) is 16.7. The van der Waals surface area contributed by atoms with Crippen LogP contribution in [-0.4, -0.2) is 33.5 Å². The fourth-order valence-electron chi connectivity index (χ4n) is 3.51. The molecule has 0 aliphatic carbocycles. The molecule has 0 unspecified atom stereocenters. The predicted molar refractivity (Wildman–Crippen MR) is 108 cm³/mol. The summed E-state index contributed by atoms with van der Waals surface area (Å²) in [5, 5.41) is 5.93. The van der Waals surface area contributed by atoms with Gasteiger partial charge in [0, 0.05) is 23.2 Å². The maximum Gasteiger partial charge on any atom is 0.238 e. The summed E-state index contributed by atoms with van der Waals surface area (Å²) in [4.78, 5) is 18.9. The molecule has 150 valence electrons. The fraction of sp³-hybridized carbons (Fsp3) is 0.200. The Labute approximate surface area is 167 Å². The van der Waals surface area contributed by atoms with E-state index in [1.807, 2.05) is 6.07 Å². The van der Waals surface area contributed by atoms with Crippen molar-refractivity contribution < 1.29 is 22.7 Å². The van der Waals surface area contributed by atoms with Crippen LogP contribution in [0.3, 0.4) is 0 Å². The smallest absolute Gasteiger partial charge is 0.238 e. The topological polar surface area (TPSA) is 112 Å². The second-order valence-corrected chi connectivity index (χ2v) is 8.26. The van der Waals surface area contributed by atoms with Crippen molar-refractivity contribution in [3.05, 3.63) is 53.7 Å². The number of rotatable bonds is 5. The molecule has 0 bridgehead atoms. The molecule has 2 aromatic carbocycles. The lowest BCUT2D eigenvalue weighted by atomic mass is 10.1. The van der Waals surface area contributed by atoms with E-state index in [0.29, 0.717) is 23.6 Å². The highest BCUT2D eigenvalue weighted by atomic mass is 32.2. The number of fused-ring (bicyclic) bond motifs is 3. The first-order valence-electron chi connectivity index (χ1n) is 8.77. The molecule has 1 amide bonds. The SMILES string of the molecule is COc1cc2ncc3c(c2cc1OC)N(Cc1ccc(S(N)(=O)=O)cc1)C(=O)C3. The Kier molecular flexibility index (Phi) is 4.64. The molecular weight excluding hydrogens is 394 g/mol. The van der Waals surface area contributed by atoms with Crippen LogP contribution in [-0.2, 0) is 27.8 Å². The average molecular weight is 413 g/mol. The van der Waals surface area contributed by atoms with Gasteiger partial charge in [0.15, 0.2) is 11.5 Å². The summed E-state index contributed by atoms with van der Waals surface area (Å²) < 4.78 is 33.6. The van der Waals surface area contributed by atoms with Gasteiger partial charge in [-0.05, 0) is 23.8 Å². The number of nitrogens with two attached hydrogens (primary N) is 1. The van der Waals surface area contributed by atoms with Crippen LogP contribution in [0.1, 0.15) is 11.1 Å². The number of anilines is 1. The fourth-order valence-corrected chi connectivity index (χ4v) is 4.03. The van der Waals surface area contributed by atoms with E-state index in [0.717, 1.165) is 22.2 Å². The van der Waals surface area contributed by atoms with Crippen LogP contribution in [0.5, 0.6) is 11.5 Å². The van der Waals surface area contributed by atoms with E-state index in [1.54, 1.807) is 43.5 Å². The van der Waals surface area contributed by atoms with Crippen LogP contribution < -0.4 is 19.5 Å². The minimum absolute atomic E-state index is 0.0286. The highest BCUT2D eigenvalue weighted by Crippen LogP contribution is 2.40. The third kappa shape index (κ3) is 3.39. The van der Waals surface area contributed by atoms with Crippen molar-refractivity contribution in [1.29, 1.82) is 0 Å². The lowest BCUT2D eigenvalue weighted by Crippen LogP contribution is -2.26. The lowest BCUT2D eigenvalue weighted by Gasteiger charge is -2.20. The van der Waals surface area contributed by atoms with E-state index in [1.165, 1.54) is 12.1 Å². The number of amides is 1. The van der Waals surface area contributed by atoms with E-state index in [-0.39, 0.29) is 17.2 Å². The number of hydrogen-bond acceptors (Lipinski definition) is 6. The van der Waals surface area contributed by atoms with E-state index in [2.05, 4.69) is 4.98 Å². The average Bonchev–Trinajstić information content (AvgIpc) is 3.02. The number of methoxy groups -OCH3 is 2. The summed E-state index contributed by atoms with van der Waals surface area (Å²) in [5.41, 5.74) is 3.07. The summed E-state index contributed by atoms with van der Waals surface area (Å²) in [7, 11) is -0.658. The molecule has 0 fully saturated rings. The van der Waals surface area contributed by atoms with Gasteiger partial charge in [-0.1, -0.05) is 12.1 Å². The molecule has 0 spiro atoms. The molecule has 0 radical (unpaired) electrons. The van der Waals surface area contributed by atoms with Crippen molar-refractivity contribution in [2.24, 2.45) is 5.14 Å². The third-order valence-corrected chi connectivity index (χ3v) is 5.86. The van der Waals surface area contributed by atoms with Crippen LogP contribution in [0.4, 0.5) is 5.69 Å². The van der Waals surface area contributed by atoms with Gasteiger partial charge in [-0.3, -0.25) is 9.78 Å². The number of nitrogens with zero attached hydrogens (tertiary/aromatic N) is 2. The Hall–Kier alpha value is -3.17. The number of carbonyl (C=O) groups excluding carboxylic acids is 1.